The van der Waals surface area contributed by atoms with Crippen LogP contribution in [0.1, 0.15) is 17.3 Å². The first kappa shape index (κ1) is 14.5. The Balaban J connectivity index is 2.29. The van der Waals surface area contributed by atoms with Gasteiger partial charge >= 0.3 is 5.97 Å². The van der Waals surface area contributed by atoms with Gasteiger partial charge in [-0.15, -0.1) is 0 Å². The van der Waals surface area contributed by atoms with Crippen LogP contribution in [-0.2, 0) is 4.74 Å². The minimum absolute atomic E-state index is 0.0523. The molecule has 0 atom stereocenters. The number of rotatable bonds is 3. The largest absolute Gasteiger partial charge is 0.508 e. The molecule has 22 heavy (non-hydrogen) atoms. The molecule has 112 valence electrons. The van der Waals surface area contributed by atoms with Crippen molar-refractivity contribution in [2.24, 2.45) is 0 Å². The number of hydrogen-bond donors (Lipinski definition) is 1. The number of furan rings is 1. The lowest BCUT2D eigenvalue weighted by Crippen LogP contribution is -2.05. The lowest BCUT2D eigenvalue weighted by molar-refractivity contribution is 0.0529. The molecule has 4 nitrogen and oxygen atoms in total. The first-order valence-corrected chi connectivity index (χ1v) is 7.16. The molecule has 0 aliphatic rings. The third kappa shape index (κ3) is 2.53. The molecule has 0 unspecified atom stereocenters. The maximum atomic E-state index is 12.3. The summed E-state index contributed by atoms with van der Waals surface area (Å²) in [5.41, 5.74) is 1.46. The summed E-state index contributed by atoms with van der Waals surface area (Å²) in [6.07, 6.45) is 0. The van der Waals surface area contributed by atoms with Crippen LogP contribution in [0.3, 0.4) is 0 Å². The number of carbonyl (C=O) groups is 1. The van der Waals surface area contributed by atoms with Crippen molar-refractivity contribution >= 4 is 28.5 Å². The highest BCUT2D eigenvalue weighted by atomic mass is 35.5. The predicted octanol–water partition coefficient (Wildman–Crippen LogP) is 4.64. The summed E-state index contributed by atoms with van der Waals surface area (Å²) in [6.45, 7) is 1.98. The lowest BCUT2D eigenvalue weighted by Gasteiger charge is -2.04. The van der Waals surface area contributed by atoms with Crippen LogP contribution in [0.2, 0.25) is 5.02 Å². The Labute approximate surface area is 131 Å². The van der Waals surface area contributed by atoms with E-state index in [0.717, 1.165) is 0 Å². The van der Waals surface area contributed by atoms with Gasteiger partial charge in [0, 0.05) is 16.0 Å². The van der Waals surface area contributed by atoms with Crippen LogP contribution in [0.5, 0.6) is 5.75 Å². The van der Waals surface area contributed by atoms with Crippen LogP contribution in [0, 0.1) is 0 Å². The van der Waals surface area contributed by atoms with Crippen molar-refractivity contribution in [1.29, 1.82) is 0 Å². The van der Waals surface area contributed by atoms with Crippen molar-refractivity contribution in [2.75, 3.05) is 6.61 Å². The van der Waals surface area contributed by atoms with E-state index >= 15 is 0 Å². The van der Waals surface area contributed by atoms with Gasteiger partial charge in [0.15, 0.2) is 0 Å². The third-order valence-electron chi connectivity index (χ3n) is 3.24. The number of halogens is 1. The van der Waals surface area contributed by atoms with Crippen molar-refractivity contribution in [1.82, 2.24) is 0 Å². The summed E-state index contributed by atoms with van der Waals surface area (Å²) in [5, 5.41) is 10.7. The van der Waals surface area contributed by atoms with Crippen molar-refractivity contribution in [2.45, 2.75) is 6.92 Å². The van der Waals surface area contributed by atoms with Gasteiger partial charge in [-0.3, -0.25) is 0 Å². The highest BCUT2D eigenvalue weighted by Crippen LogP contribution is 2.36. The van der Waals surface area contributed by atoms with Gasteiger partial charge < -0.3 is 14.3 Å². The Morgan fingerprint density at radius 1 is 1.27 bits per heavy atom. The predicted molar refractivity (Wildman–Crippen MR) is 84.3 cm³/mol. The summed E-state index contributed by atoms with van der Waals surface area (Å²) in [6, 6.07) is 11.6. The topological polar surface area (TPSA) is 59.7 Å². The molecule has 0 aliphatic carbocycles. The van der Waals surface area contributed by atoms with Gasteiger partial charge in [0.25, 0.3) is 0 Å². The molecule has 0 saturated heterocycles. The molecule has 3 aromatic rings. The number of phenols is 1. The molecule has 1 N–H and O–H groups in total. The summed E-state index contributed by atoms with van der Waals surface area (Å²) >= 11 is 6.01. The van der Waals surface area contributed by atoms with Gasteiger partial charge in [0.05, 0.1) is 6.61 Å². The van der Waals surface area contributed by atoms with Crippen molar-refractivity contribution in [3.63, 3.8) is 0 Å². The Morgan fingerprint density at radius 3 is 2.82 bits per heavy atom. The molecule has 3 rings (SSSR count). The summed E-state index contributed by atoms with van der Waals surface area (Å²) in [5.74, 6) is -0.0696. The van der Waals surface area contributed by atoms with E-state index in [2.05, 4.69) is 0 Å². The molecule has 0 spiro atoms. The van der Waals surface area contributed by atoms with E-state index in [9.17, 15) is 9.90 Å². The second kappa shape index (κ2) is 5.73. The lowest BCUT2D eigenvalue weighted by atomic mass is 10.1. The van der Waals surface area contributed by atoms with Crippen LogP contribution < -0.4 is 0 Å². The fourth-order valence-corrected chi connectivity index (χ4v) is 2.51. The van der Waals surface area contributed by atoms with Crippen molar-refractivity contribution < 1.29 is 19.1 Å². The van der Waals surface area contributed by atoms with E-state index in [4.69, 9.17) is 20.8 Å². The number of aromatic hydroxyl groups is 1. The number of esters is 1. The van der Waals surface area contributed by atoms with E-state index in [-0.39, 0.29) is 17.9 Å². The van der Waals surface area contributed by atoms with E-state index in [1.807, 2.05) is 0 Å². The van der Waals surface area contributed by atoms with Crippen LogP contribution in [0.25, 0.3) is 22.3 Å². The van der Waals surface area contributed by atoms with Gasteiger partial charge in [-0.25, -0.2) is 4.79 Å². The van der Waals surface area contributed by atoms with E-state index in [1.54, 1.807) is 37.3 Å². The maximum Gasteiger partial charge on any atom is 0.342 e. The molecule has 2 aromatic carbocycles. The molecule has 0 saturated carbocycles. The fraction of sp³-hybridized carbons (Fsp3) is 0.118. The molecular weight excluding hydrogens is 304 g/mol. The quantitative estimate of drug-likeness (QED) is 0.715. The summed E-state index contributed by atoms with van der Waals surface area (Å²) in [7, 11) is 0. The standard InChI is InChI=1S/C17H13ClO4/c1-2-21-17(20)15-13-9-12(19)6-7-14(13)22-16(15)10-4-3-5-11(18)8-10/h3-9,19H,2H2,1H3. The molecule has 0 aliphatic heterocycles. The summed E-state index contributed by atoms with van der Waals surface area (Å²) in [4.78, 5) is 12.3. The Hall–Kier alpha value is -2.46. The Kier molecular flexibility index (Phi) is 3.77. The zero-order valence-corrected chi connectivity index (χ0v) is 12.6. The highest BCUT2D eigenvalue weighted by molar-refractivity contribution is 6.30. The number of benzene rings is 2. The van der Waals surface area contributed by atoms with E-state index in [0.29, 0.717) is 27.3 Å². The number of phenolic OH excluding ortho intramolecular Hbond substituents is 1. The van der Waals surface area contributed by atoms with Gasteiger partial charge in [0.2, 0.25) is 0 Å². The minimum atomic E-state index is -0.498. The molecule has 0 radical (unpaired) electrons. The first-order chi connectivity index (χ1) is 10.6. The number of hydrogen-bond acceptors (Lipinski definition) is 4. The Morgan fingerprint density at radius 2 is 2.09 bits per heavy atom. The van der Waals surface area contributed by atoms with Crippen LogP contribution >= 0.6 is 11.6 Å². The molecule has 0 amide bonds. The second-order valence-electron chi connectivity index (χ2n) is 4.72. The van der Waals surface area contributed by atoms with Crippen LogP contribution in [0.15, 0.2) is 46.9 Å². The molecule has 0 bridgehead atoms. The van der Waals surface area contributed by atoms with E-state index in [1.165, 1.54) is 12.1 Å². The zero-order valence-electron chi connectivity index (χ0n) is 11.8. The average Bonchev–Trinajstić information content (AvgIpc) is 2.86. The number of carbonyl (C=O) groups excluding carboxylic acids is 1. The highest BCUT2D eigenvalue weighted by Gasteiger charge is 2.23. The molecule has 1 aromatic heterocycles. The minimum Gasteiger partial charge on any atom is -0.508 e. The third-order valence-corrected chi connectivity index (χ3v) is 3.47. The molecule has 1 heterocycles. The van der Waals surface area contributed by atoms with Gasteiger partial charge in [-0.05, 0) is 37.3 Å². The van der Waals surface area contributed by atoms with Gasteiger partial charge in [0.1, 0.15) is 22.7 Å². The van der Waals surface area contributed by atoms with E-state index < -0.39 is 5.97 Å². The SMILES string of the molecule is CCOC(=O)c1c(-c2cccc(Cl)c2)oc2ccc(O)cc12. The smallest absolute Gasteiger partial charge is 0.342 e. The first-order valence-electron chi connectivity index (χ1n) is 6.78. The molecule has 0 fully saturated rings. The van der Waals surface area contributed by atoms with Crippen molar-refractivity contribution in [3.8, 4) is 17.1 Å². The van der Waals surface area contributed by atoms with Crippen molar-refractivity contribution in [3.05, 3.63) is 53.1 Å². The number of fused-ring (bicyclic) bond motifs is 1. The maximum absolute atomic E-state index is 12.3. The van der Waals surface area contributed by atoms with Gasteiger partial charge in [-0.2, -0.15) is 0 Å². The molecular formula is C17H13ClO4. The second-order valence-corrected chi connectivity index (χ2v) is 5.15. The van der Waals surface area contributed by atoms with Crippen LogP contribution in [-0.4, -0.2) is 17.7 Å². The summed E-state index contributed by atoms with van der Waals surface area (Å²) < 4.78 is 10.9. The van der Waals surface area contributed by atoms with Gasteiger partial charge in [-0.1, -0.05) is 23.7 Å². The monoisotopic (exact) mass is 316 g/mol. The normalized spacial score (nSPS) is 10.8. The van der Waals surface area contributed by atoms with Crippen LogP contribution in [0.4, 0.5) is 0 Å². The molecule has 5 heteroatoms. The number of ether oxygens (including phenoxy) is 1. The average molecular weight is 317 g/mol. The zero-order chi connectivity index (χ0) is 15.7. The Bertz CT molecular complexity index is 851. The fourth-order valence-electron chi connectivity index (χ4n) is 2.32.